The van der Waals surface area contributed by atoms with Gasteiger partial charge in [-0.15, -0.1) is 0 Å². The van der Waals surface area contributed by atoms with Gasteiger partial charge >= 0.3 is 6.18 Å². The number of rotatable bonds is 1. The van der Waals surface area contributed by atoms with E-state index >= 15 is 0 Å². The minimum Gasteiger partial charge on any atom is -0.295 e. The monoisotopic (exact) mass is 287 g/mol. The Bertz CT molecular complexity index is 665. The maximum atomic E-state index is 12.7. The molecule has 2 heterocycles. The van der Waals surface area contributed by atoms with E-state index in [1.807, 2.05) is 0 Å². The van der Waals surface area contributed by atoms with Crippen molar-refractivity contribution in [3.8, 4) is 0 Å². The SMILES string of the molecule is FC(F)(F)c1cc(=S)n2[nH]c(C3CCCC3)cc2n1. The van der Waals surface area contributed by atoms with Crippen molar-refractivity contribution >= 4 is 17.9 Å². The van der Waals surface area contributed by atoms with E-state index in [1.54, 1.807) is 6.07 Å². The van der Waals surface area contributed by atoms with Gasteiger partial charge in [0.05, 0.1) is 0 Å². The summed E-state index contributed by atoms with van der Waals surface area (Å²) in [7, 11) is 0. The molecule has 0 atom stereocenters. The topological polar surface area (TPSA) is 33.1 Å². The Morgan fingerprint density at radius 2 is 1.95 bits per heavy atom. The lowest BCUT2D eigenvalue weighted by Gasteiger charge is -2.05. The average molecular weight is 287 g/mol. The van der Waals surface area contributed by atoms with Crippen LogP contribution in [0.25, 0.3) is 5.65 Å². The number of H-pyrrole nitrogens is 1. The molecule has 0 radical (unpaired) electrons. The van der Waals surface area contributed by atoms with Gasteiger partial charge in [0.1, 0.15) is 10.3 Å². The summed E-state index contributed by atoms with van der Waals surface area (Å²) >= 11 is 4.99. The van der Waals surface area contributed by atoms with Gasteiger partial charge in [-0.3, -0.25) is 5.10 Å². The maximum Gasteiger partial charge on any atom is 0.433 e. The van der Waals surface area contributed by atoms with Gasteiger partial charge in [-0.05, 0) is 12.8 Å². The molecule has 7 heteroatoms. The van der Waals surface area contributed by atoms with E-state index in [4.69, 9.17) is 12.2 Å². The van der Waals surface area contributed by atoms with E-state index in [0.717, 1.165) is 37.4 Å². The van der Waals surface area contributed by atoms with Crippen molar-refractivity contribution < 1.29 is 13.2 Å². The number of nitrogens with one attached hydrogen (secondary N) is 1. The van der Waals surface area contributed by atoms with Crippen LogP contribution in [0.15, 0.2) is 12.1 Å². The summed E-state index contributed by atoms with van der Waals surface area (Å²) in [4.78, 5) is 3.64. The van der Waals surface area contributed by atoms with Crippen molar-refractivity contribution in [3.63, 3.8) is 0 Å². The number of hydrogen-bond donors (Lipinski definition) is 1. The van der Waals surface area contributed by atoms with E-state index < -0.39 is 11.9 Å². The highest BCUT2D eigenvalue weighted by atomic mass is 32.1. The second-order valence-electron chi connectivity index (χ2n) is 4.86. The van der Waals surface area contributed by atoms with Crippen LogP contribution in [0.4, 0.5) is 13.2 Å². The Morgan fingerprint density at radius 1 is 1.26 bits per heavy atom. The summed E-state index contributed by atoms with van der Waals surface area (Å²) in [6, 6.07) is 2.57. The molecule has 0 aliphatic heterocycles. The molecule has 1 saturated carbocycles. The van der Waals surface area contributed by atoms with Crippen LogP contribution in [0.5, 0.6) is 0 Å². The minimum absolute atomic E-state index is 0.0987. The third-order valence-electron chi connectivity index (χ3n) is 3.56. The van der Waals surface area contributed by atoms with E-state index in [2.05, 4.69) is 10.1 Å². The lowest BCUT2D eigenvalue weighted by atomic mass is 10.1. The zero-order valence-corrected chi connectivity index (χ0v) is 10.8. The van der Waals surface area contributed by atoms with E-state index in [-0.39, 0.29) is 10.3 Å². The number of hydrogen-bond acceptors (Lipinski definition) is 2. The molecule has 0 bridgehead atoms. The van der Waals surface area contributed by atoms with Crippen molar-refractivity contribution in [1.82, 2.24) is 14.6 Å². The summed E-state index contributed by atoms with van der Waals surface area (Å²) in [5.41, 5.74) is 0.228. The van der Waals surface area contributed by atoms with Crippen LogP contribution in [-0.2, 0) is 6.18 Å². The Hall–Kier alpha value is -1.37. The van der Waals surface area contributed by atoms with Crippen LogP contribution >= 0.6 is 12.2 Å². The first-order valence-corrected chi connectivity index (χ1v) is 6.56. The van der Waals surface area contributed by atoms with Crippen LogP contribution in [0.2, 0.25) is 0 Å². The van der Waals surface area contributed by atoms with Crippen molar-refractivity contribution in [2.24, 2.45) is 0 Å². The number of fused-ring (bicyclic) bond motifs is 1. The molecule has 1 fully saturated rings. The Balaban J connectivity index is 2.12. The molecule has 0 unspecified atom stereocenters. The van der Waals surface area contributed by atoms with Gasteiger partial charge in [-0.1, -0.05) is 25.1 Å². The van der Waals surface area contributed by atoms with Gasteiger partial charge in [-0.2, -0.15) is 13.2 Å². The first-order valence-electron chi connectivity index (χ1n) is 6.15. The molecule has 1 aliphatic rings. The normalized spacial score (nSPS) is 17.4. The molecule has 0 amide bonds. The van der Waals surface area contributed by atoms with Crippen molar-refractivity contribution in [2.75, 3.05) is 0 Å². The van der Waals surface area contributed by atoms with Crippen LogP contribution in [-0.4, -0.2) is 14.6 Å². The highest BCUT2D eigenvalue weighted by molar-refractivity contribution is 7.71. The largest absolute Gasteiger partial charge is 0.433 e. The van der Waals surface area contributed by atoms with Gasteiger partial charge in [0.15, 0.2) is 5.65 Å². The van der Waals surface area contributed by atoms with E-state index in [0.29, 0.717) is 5.92 Å². The Kier molecular flexibility index (Phi) is 2.88. The molecule has 1 N–H and O–H groups in total. The van der Waals surface area contributed by atoms with Gasteiger partial charge in [-0.25, -0.2) is 9.50 Å². The first kappa shape index (κ1) is 12.7. The number of alkyl halides is 3. The predicted octanol–water partition coefficient (Wildman–Crippen LogP) is 4.07. The standard InChI is InChI=1S/C12H12F3N3S/c13-12(14,15)9-6-11(19)18-10(16-9)5-8(17-18)7-3-1-2-4-7/h5-7,17H,1-4H2. The summed E-state index contributed by atoms with van der Waals surface area (Å²) in [5, 5.41) is 3.07. The number of aromatic amines is 1. The molecule has 0 saturated heterocycles. The fourth-order valence-corrected chi connectivity index (χ4v) is 2.85. The fraction of sp³-hybridized carbons (Fsp3) is 0.500. The summed E-state index contributed by atoms with van der Waals surface area (Å²) in [6.45, 7) is 0. The maximum absolute atomic E-state index is 12.7. The van der Waals surface area contributed by atoms with Crippen LogP contribution in [0, 0.1) is 4.64 Å². The van der Waals surface area contributed by atoms with Gasteiger partial charge in [0.2, 0.25) is 0 Å². The molecular weight excluding hydrogens is 275 g/mol. The first-order chi connectivity index (χ1) is 8.95. The zero-order chi connectivity index (χ0) is 13.6. The second kappa shape index (κ2) is 4.33. The van der Waals surface area contributed by atoms with Crippen molar-refractivity contribution in [1.29, 1.82) is 0 Å². The van der Waals surface area contributed by atoms with Gasteiger partial charge in [0.25, 0.3) is 0 Å². The van der Waals surface area contributed by atoms with Crippen LogP contribution < -0.4 is 0 Å². The Labute approximate surface area is 112 Å². The van der Waals surface area contributed by atoms with Crippen LogP contribution in [0.3, 0.4) is 0 Å². The lowest BCUT2D eigenvalue weighted by Crippen LogP contribution is -2.09. The molecule has 2 aromatic heterocycles. The second-order valence-corrected chi connectivity index (χ2v) is 5.28. The van der Waals surface area contributed by atoms with E-state index in [9.17, 15) is 13.2 Å². The molecule has 19 heavy (non-hydrogen) atoms. The predicted molar refractivity (Wildman–Crippen MR) is 66.6 cm³/mol. The molecule has 0 spiro atoms. The quantitative estimate of drug-likeness (QED) is 0.802. The molecule has 2 aromatic rings. The minimum atomic E-state index is -4.47. The number of aromatic nitrogens is 3. The Morgan fingerprint density at radius 3 is 2.58 bits per heavy atom. The van der Waals surface area contributed by atoms with Gasteiger partial charge in [0, 0.05) is 23.7 Å². The molecule has 3 nitrogen and oxygen atoms in total. The third kappa shape index (κ3) is 2.27. The van der Waals surface area contributed by atoms with Crippen LogP contribution in [0.1, 0.15) is 43.0 Å². The highest BCUT2D eigenvalue weighted by Crippen LogP contribution is 2.34. The number of nitrogens with zero attached hydrogens (tertiary/aromatic N) is 2. The third-order valence-corrected chi connectivity index (χ3v) is 3.86. The fourth-order valence-electron chi connectivity index (χ4n) is 2.60. The molecule has 1 aliphatic carbocycles. The average Bonchev–Trinajstić information content (AvgIpc) is 2.95. The number of halogens is 3. The molecular formula is C12H12F3N3S. The summed E-state index contributed by atoms with van der Waals surface area (Å²) in [6.07, 6.45) is -0.0229. The smallest absolute Gasteiger partial charge is 0.295 e. The summed E-state index contributed by atoms with van der Waals surface area (Å²) < 4.78 is 39.6. The molecule has 0 aromatic carbocycles. The summed E-state index contributed by atoms with van der Waals surface area (Å²) in [5.74, 6) is 0.380. The van der Waals surface area contributed by atoms with Crippen molar-refractivity contribution in [3.05, 3.63) is 28.2 Å². The van der Waals surface area contributed by atoms with E-state index in [1.165, 1.54) is 4.52 Å². The van der Waals surface area contributed by atoms with Crippen molar-refractivity contribution in [2.45, 2.75) is 37.8 Å². The molecule has 102 valence electrons. The highest BCUT2D eigenvalue weighted by Gasteiger charge is 2.33. The van der Waals surface area contributed by atoms with Gasteiger partial charge < -0.3 is 0 Å². The zero-order valence-electron chi connectivity index (χ0n) is 10.00. The lowest BCUT2D eigenvalue weighted by molar-refractivity contribution is -0.141. The molecule has 3 rings (SSSR count).